The fraction of sp³-hybridized carbons (Fsp3) is 0.435. The molecule has 11 heteroatoms. The molecule has 34 heavy (non-hydrogen) atoms. The molecular formula is C23H22F2N2O7. The summed E-state index contributed by atoms with van der Waals surface area (Å²) in [7, 11) is 0. The van der Waals surface area contributed by atoms with E-state index in [1.165, 1.54) is 36.4 Å². The standard InChI is InChI=1S/C23H22F2N2O7/c24-15-3-7-19-13(9-15)1-5-21(33-19)17(11-26(29)30)23(28)18(12-27(31)32)22-6-2-14-10-16(25)4-8-20(14)34-22/h3-4,7-10,17-18,21-22H,1-2,5-6,11-12H2. The van der Waals surface area contributed by atoms with Gasteiger partial charge in [0.15, 0.2) is 5.78 Å². The van der Waals surface area contributed by atoms with Crippen LogP contribution >= 0.6 is 0 Å². The smallest absolute Gasteiger partial charge is 0.217 e. The van der Waals surface area contributed by atoms with Crippen LogP contribution in [0.4, 0.5) is 8.78 Å². The van der Waals surface area contributed by atoms with Crippen LogP contribution in [0.2, 0.25) is 0 Å². The average molecular weight is 476 g/mol. The van der Waals surface area contributed by atoms with Gasteiger partial charge in [0.2, 0.25) is 13.1 Å². The van der Waals surface area contributed by atoms with Gasteiger partial charge in [-0.1, -0.05) is 0 Å². The molecule has 4 unspecified atom stereocenters. The van der Waals surface area contributed by atoms with Gasteiger partial charge in [0.1, 0.15) is 47.2 Å². The zero-order chi connectivity index (χ0) is 24.4. The zero-order valence-corrected chi connectivity index (χ0v) is 18.0. The molecule has 0 N–H and O–H groups in total. The lowest BCUT2D eigenvalue weighted by Gasteiger charge is -2.34. The van der Waals surface area contributed by atoms with Gasteiger partial charge in [0, 0.05) is 9.85 Å². The number of hydrogen-bond acceptors (Lipinski definition) is 7. The Hall–Kier alpha value is -3.63. The second-order valence-electron chi connectivity index (χ2n) is 8.54. The number of carbonyl (C=O) groups is 1. The molecule has 2 aliphatic rings. The van der Waals surface area contributed by atoms with Crippen LogP contribution in [0.15, 0.2) is 36.4 Å². The molecule has 0 aromatic heterocycles. The summed E-state index contributed by atoms with van der Waals surface area (Å²) in [5.41, 5.74) is 1.18. The second kappa shape index (κ2) is 9.70. The first kappa shape index (κ1) is 23.5. The number of fused-ring (bicyclic) bond motifs is 2. The summed E-state index contributed by atoms with van der Waals surface area (Å²) in [5, 5.41) is 22.8. The molecule has 0 bridgehead atoms. The number of benzene rings is 2. The Morgan fingerprint density at radius 2 is 1.26 bits per heavy atom. The van der Waals surface area contributed by atoms with Crippen molar-refractivity contribution in [3.8, 4) is 11.5 Å². The van der Waals surface area contributed by atoms with E-state index in [2.05, 4.69) is 0 Å². The monoisotopic (exact) mass is 476 g/mol. The minimum Gasteiger partial charge on any atom is -0.489 e. The Morgan fingerprint density at radius 1 is 0.853 bits per heavy atom. The van der Waals surface area contributed by atoms with Crippen molar-refractivity contribution in [2.75, 3.05) is 13.1 Å². The molecule has 0 fully saturated rings. The predicted octanol–water partition coefficient (Wildman–Crippen LogP) is 3.41. The Balaban J connectivity index is 1.60. The number of hydrogen-bond donors (Lipinski definition) is 0. The van der Waals surface area contributed by atoms with E-state index in [-0.39, 0.29) is 12.8 Å². The Labute approximate surface area is 193 Å². The largest absolute Gasteiger partial charge is 0.489 e. The van der Waals surface area contributed by atoms with Crippen LogP contribution in [0.5, 0.6) is 11.5 Å². The summed E-state index contributed by atoms with van der Waals surface area (Å²) in [6.07, 6.45) is -0.653. The number of carbonyl (C=O) groups excluding carboxylic acids is 1. The van der Waals surface area contributed by atoms with E-state index in [0.717, 1.165) is 0 Å². The minimum atomic E-state index is -1.25. The molecule has 0 aliphatic carbocycles. The van der Waals surface area contributed by atoms with Crippen molar-refractivity contribution in [3.05, 3.63) is 79.4 Å². The second-order valence-corrected chi connectivity index (χ2v) is 8.54. The lowest BCUT2D eigenvalue weighted by Crippen LogP contribution is -2.48. The Morgan fingerprint density at radius 3 is 1.65 bits per heavy atom. The first-order valence-corrected chi connectivity index (χ1v) is 10.9. The van der Waals surface area contributed by atoms with E-state index < -0.39 is 64.4 Å². The normalized spacial score (nSPS) is 20.6. The van der Waals surface area contributed by atoms with Gasteiger partial charge in [-0.2, -0.15) is 0 Å². The molecule has 0 radical (unpaired) electrons. The van der Waals surface area contributed by atoms with Crippen molar-refractivity contribution >= 4 is 5.78 Å². The van der Waals surface area contributed by atoms with E-state index in [4.69, 9.17) is 9.47 Å². The highest BCUT2D eigenvalue weighted by atomic mass is 19.1. The van der Waals surface area contributed by atoms with Gasteiger partial charge in [-0.3, -0.25) is 25.0 Å². The average Bonchev–Trinajstić information content (AvgIpc) is 2.79. The van der Waals surface area contributed by atoms with E-state index in [0.29, 0.717) is 35.5 Å². The van der Waals surface area contributed by atoms with Crippen LogP contribution in [0.25, 0.3) is 0 Å². The van der Waals surface area contributed by atoms with E-state index in [1.54, 1.807) is 0 Å². The van der Waals surface area contributed by atoms with Gasteiger partial charge >= 0.3 is 0 Å². The maximum absolute atomic E-state index is 13.6. The lowest BCUT2D eigenvalue weighted by molar-refractivity contribution is -0.492. The Kier molecular flexibility index (Phi) is 6.71. The number of Topliss-reactive ketones (excluding diaryl/α,β-unsaturated/α-hetero) is 1. The molecule has 0 saturated carbocycles. The molecular weight excluding hydrogens is 454 g/mol. The molecule has 180 valence electrons. The van der Waals surface area contributed by atoms with Crippen LogP contribution in [0.3, 0.4) is 0 Å². The summed E-state index contributed by atoms with van der Waals surface area (Å²) in [5.74, 6) is -3.42. The number of nitro groups is 2. The first-order valence-electron chi connectivity index (χ1n) is 10.9. The van der Waals surface area contributed by atoms with Gasteiger partial charge in [-0.25, -0.2) is 8.78 Å². The van der Waals surface area contributed by atoms with Gasteiger partial charge in [-0.05, 0) is 73.2 Å². The Bertz CT molecular complexity index is 1040. The highest BCUT2D eigenvalue weighted by molar-refractivity contribution is 5.85. The van der Waals surface area contributed by atoms with Gasteiger partial charge < -0.3 is 9.47 Å². The third kappa shape index (κ3) is 5.13. The van der Waals surface area contributed by atoms with Crippen molar-refractivity contribution in [1.82, 2.24) is 0 Å². The van der Waals surface area contributed by atoms with E-state index in [1.807, 2.05) is 0 Å². The minimum absolute atomic E-state index is 0.222. The van der Waals surface area contributed by atoms with Gasteiger partial charge in [0.05, 0.1) is 0 Å². The lowest BCUT2D eigenvalue weighted by atomic mass is 9.81. The topological polar surface area (TPSA) is 122 Å². The van der Waals surface area contributed by atoms with Crippen LogP contribution in [0, 0.1) is 43.7 Å². The fourth-order valence-corrected chi connectivity index (χ4v) is 4.70. The van der Waals surface area contributed by atoms with Gasteiger partial charge in [0.25, 0.3) is 0 Å². The molecule has 0 saturated heterocycles. The number of rotatable bonds is 8. The van der Waals surface area contributed by atoms with Crippen molar-refractivity contribution in [2.45, 2.75) is 37.9 Å². The molecule has 2 heterocycles. The molecule has 2 aliphatic heterocycles. The maximum atomic E-state index is 13.6. The molecule has 2 aromatic carbocycles. The summed E-state index contributed by atoms with van der Waals surface area (Å²) in [4.78, 5) is 35.1. The molecule has 0 spiro atoms. The molecule has 4 rings (SSSR count). The predicted molar refractivity (Wildman–Crippen MR) is 114 cm³/mol. The maximum Gasteiger partial charge on any atom is 0.217 e. The van der Waals surface area contributed by atoms with Gasteiger partial charge in [-0.15, -0.1) is 0 Å². The van der Waals surface area contributed by atoms with Crippen molar-refractivity contribution in [3.63, 3.8) is 0 Å². The van der Waals surface area contributed by atoms with Crippen LogP contribution < -0.4 is 9.47 Å². The first-order chi connectivity index (χ1) is 16.2. The summed E-state index contributed by atoms with van der Waals surface area (Å²) in [6, 6.07) is 7.80. The SMILES string of the molecule is O=C(C(C[N+](=O)[O-])C1CCc2cc(F)ccc2O1)C(C[N+](=O)[O-])C1CCc2cc(F)ccc2O1. The zero-order valence-electron chi connectivity index (χ0n) is 18.0. The fourth-order valence-electron chi connectivity index (χ4n) is 4.70. The third-order valence-electron chi connectivity index (χ3n) is 6.32. The summed E-state index contributed by atoms with van der Waals surface area (Å²) in [6.45, 7) is -1.52. The van der Waals surface area contributed by atoms with Crippen LogP contribution in [0.1, 0.15) is 24.0 Å². The molecule has 2 aromatic rings. The van der Waals surface area contributed by atoms with Crippen molar-refractivity contribution < 1.29 is 32.9 Å². The van der Waals surface area contributed by atoms with Crippen LogP contribution in [-0.4, -0.2) is 40.9 Å². The molecule has 4 atom stereocenters. The summed E-state index contributed by atoms with van der Waals surface area (Å²) < 4.78 is 38.7. The van der Waals surface area contributed by atoms with Crippen molar-refractivity contribution in [1.29, 1.82) is 0 Å². The van der Waals surface area contributed by atoms with E-state index in [9.17, 15) is 33.8 Å². The molecule has 0 amide bonds. The number of aryl methyl sites for hydroxylation is 2. The number of ether oxygens (including phenoxy) is 2. The van der Waals surface area contributed by atoms with Crippen molar-refractivity contribution in [2.24, 2.45) is 11.8 Å². The quantitative estimate of drug-likeness (QED) is 0.423. The highest BCUT2D eigenvalue weighted by Gasteiger charge is 2.45. The number of ketones is 1. The third-order valence-corrected chi connectivity index (χ3v) is 6.32. The number of halogens is 2. The van der Waals surface area contributed by atoms with E-state index >= 15 is 0 Å². The highest BCUT2D eigenvalue weighted by Crippen LogP contribution is 2.35. The number of nitrogens with zero attached hydrogens (tertiary/aromatic N) is 2. The van der Waals surface area contributed by atoms with Crippen LogP contribution in [-0.2, 0) is 17.6 Å². The molecule has 9 nitrogen and oxygen atoms in total. The summed E-state index contributed by atoms with van der Waals surface area (Å²) >= 11 is 0.